The summed E-state index contributed by atoms with van der Waals surface area (Å²) in [5.74, 6) is -0.232. The lowest BCUT2D eigenvalue weighted by Crippen LogP contribution is -2.33. The minimum atomic E-state index is -0.232. The Morgan fingerprint density at radius 2 is 2.20 bits per heavy atom. The molecule has 0 radical (unpaired) electrons. The van der Waals surface area contributed by atoms with Crippen LogP contribution in [0.1, 0.15) is 42.4 Å². The van der Waals surface area contributed by atoms with E-state index in [0.29, 0.717) is 0 Å². The first kappa shape index (κ1) is 16.5. The molecule has 3 nitrogen and oxygen atoms in total. The number of benzene rings is 1. The summed E-state index contributed by atoms with van der Waals surface area (Å²) in [6, 6.07) is 11.2. The first-order chi connectivity index (χ1) is 12.0. The summed E-state index contributed by atoms with van der Waals surface area (Å²) < 4.78 is 15.5. The van der Waals surface area contributed by atoms with Gasteiger partial charge >= 0.3 is 0 Å². The number of aromatic nitrogens is 2. The SMILES string of the molecule is CC1(C)Cc2c(cnn2-c2cccc(F)c2)C(NCc2cccs2)C1. The van der Waals surface area contributed by atoms with Crippen molar-refractivity contribution in [1.29, 1.82) is 0 Å². The molecular formula is C20H22FN3S. The number of hydrogen-bond acceptors (Lipinski definition) is 3. The van der Waals surface area contributed by atoms with Crippen LogP contribution in [0.2, 0.25) is 0 Å². The zero-order chi connectivity index (χ0) is 17.4. The number of nitrogens with one attached hydrogen (secondary N) is 1. The first-order valence-electron chi connectivity index (χ1n) is 8.60. The molecular weight excluding hydrogens is 333 g/mol. The molecule has 1 unspecified atom stereocenters. The number of hydrogen-bond donors (Lipinski definition) is 1. The average molecular weight is 355 g/mol. The Balaban J connectivity index is 1.67. The van der Waals surface area contributed by atoms with Crippen LogP contribution in [-0.4, -0.2) is 9.78 Å². The van der Waals surface area contributed by atoms with Crippen LogP contribution in [0.15, 0.2) is 48.0 Å². The average Bonchev–Trinajstić information content (AvgIpc) is 3.21. The fourth-order valence-corrected chi connectivity index (χ4v) is 4.35. The molecule has 1 aliphatic rings. The van der Waals surface area contributed by atoms with Gasteiger partial charge in [-0.3, -0.25) is 0 Å². The van der Waals surface area contributed by atoms with Gasteiger partial charge in [0.25, 0.3) is 0 Å². The lowest BCUT2D eigenvalue weighted by Gasteiger charge is -2.36. The molecule has 0 amide bonds. The van der Waals surface area contributed by atoms with Gasteiger partial charge in [-0.1, -0.05) is 26.0 Å². The predicted molar refractivity (Wildman–Crippen MR) is 99.5 cm³/mol. The summed E-state index contributed by atoms with van der Waals surface area (Å²) >= 11 is 1.77. The van der Waals surface area contributed by atoms with E-state index in [4.69, 9.17) is 0 Å². The van der Waals surface area contributed by atoms with Crippen molar-refractivity contribution in [3.63, 3.8) is 0 Å². The summed E-state index contributed by atoms with van der Waals surface area (Å²) in [6.07, 6.45) is 3.96. The minimum Gasteiger partial charge on any atom is -0.305 e. The largest absolute Gasteiger partial charge is 0.305 e. The molecule has 4 rings (SSSR count). The van der Waals surface area contributed by atoms with E-state index in [1.807, 2.05) is 16.9 Å². The summed E-state index contributed by atoms with van der Waals surface area (Å²) in [7, 11) is 0. The van der Waals surface area contributed by atoms with Crippen LogP contribution >= 0.6 is 11.3 Å². The van der Waals surface area contributed by atoms with Crippen LogP contribution in [0.5, 0.6) is 0 Å². The summed E-state index contributed by atoms with van der Waals surface area (Å²) in [5, 5.41) is 10.4. The van der Waals surface area contributed by atoms with E-state index in [-0.39, 0.29) is 17.3 Å². The van der Waals surface area contributed by atoms with Gasteiger partial charge < -0.3 is 5.32 Å². The second-order valence-corrected chi connectivity index (χ2v) is 8.53. The monoisotopic (exact) mass is 355 g/mol. The second-order valence-electron chi connectivity index (χ2n) is 7.50. The molecule has 0 spiro atoms. The Bertz CT molecular complexity index is 867. The smallest absolute Gasteiger partial charge is 0.125 e. The summed E-state index contributed by atoms with van der Waals surface area (Å²) in [4.78, 5) is 1.34. The molecule has 3 aromatic rings. The molecule has 130 valence electrons. The predicted octanol–water partition coefficient (Wildman–Crippen LogP) is 4.88. The number of fused-ring (bicyclic) bond motifs is 1. The molecule has 1 atom stereocenters. The maximum atomic E-state index is 13.6. The van der Waals surface area contributed by atoms with Gasteiger partial charge in [0.05, 0.1) is 11.9 Å². The number of nitrogens with zero attached hydrogens (tertiary/aromatic N) is 2. The zero-order valence-electron chi connectivity index (χ0n) is 14.5. The molecule has 2 heterocycles. The summed E-state index contributed by atoms with van der Waals surface area (Å²) in [6.45, 7) is 5.44. The fourth-order valence-electron chi connectivity index (χ4n) is 3.69. The maximum Gasteiger partial charge on any atom is 0.125 e. The molecule has 25 heavy (non-hydrogen) atoms. The number of rotatable bonds is 4. The Morgan fingerprint density at radius 3 is 2.96 bits per heavy atom. The minimum absolute atomic E-state index is 0.172. The highest BCUT2D eigenvalue weighted by Gasteiger charge is 2.35. The summed E-state index contributed by atoms with van der Waals surface area (Å²) in [5.41, 5.74) is 3.38. The van der Waals surface area contributed by atoms with Gasteiger partial charge in [0.15, 0.2) is 0 Å². The van der Waals surface area contributed by atoms with Crippen molar-refractivity contribution in [3.05, 3.63) is 69.9 Å². The third-order valence-electron chi connectivity index (χ3n) is 4.83. The van der Waals surface area contributed by atoms with Crippen molar-refractivity contribution in [3.8, 4) is 5.69 Å². The lowest BCUT2D eigenvalue weighted by atomic mass is 9.74. The van der Waals surface area contributed by atoms with Gasteiger partial charge in [-0.25, -0.2) is 9.07 Å². The van der Waals surface area contributed by atoms with Crippen LogP contribution in [-0.2, 0) is 13.0 Å². The Labute approximate surface area is 151 Å². The Morgan fingerprint density at radius 1 is 1.32 bits per heavy atom. The third kappa shape index (κ3) is 3.39. The maximum absolute atomic E-state index is 13.6. The van der Waals surface area contributed by atoms with Gasteiger partial charge in [0.2, 0.25) is 0 Å². The topological polar surface area (TPSA) is 29.9 Å². The molecule has 1 N–H and O–H groups in total. The Kier molecular flexibility index (Phi) is 4.21. The standard InChI is InChI=1S/C20H22FN3S/c1-20(2)10-18(22-12-16-7-4-8-25-16)17-13-23-24(19(17)11-20)15-6-3-5-14(21)9-15/h3-9,13,18,22H,10-12H2,1-2H3. The molecule has 5 heteroatoms. The van der Waals surface area contributed by atoms with Crippen LogP contribution in [0.4, 0.5) is 4.39 Å². The second kappa shape index (κ2) is 6.39. The van der Waals surface area contributed by atoms with Crippen molar-refractivity contribution in [1.82, 2.24) is 15.1 Å². The first-order valence-corrected chi connectivity index (χ1v) is 9.48. The van der Waals surface area contributed by atoms with E-state index < -0.39 is 0 Å². The molecule has 0 saturated carbocycles. The fraction of sp³-hybridized carbons (Fsp3) is 0.350. The lowest BCUT2D eigenvalue weighted by molar-refractivity contribution is 0.253. The van der Waals surface area contributed by atoms with E-state index in [1.54, 1.807) is 23.5 Å². The van der Waals surface area contributed by atoms with Gasteiger partial charge in [0, 0.05) is 28.7 Å². The highest BCUT2D eigenvalue weighted by molar-refractivity contribution is 7.09. The molecule has 0 saturated heterocycles. The molecule has 0 aliphatic heterocycles. The van der Waals surface area contributed by atoms with Gasteiger partial charge in [-0.2, -0.15) is 5.10 Å². The van der Waals surface area contributed by atoms with Crippen molar-refractivity contribution >= 4 is 11.3 Å². The molecule has 0 bridgehead atoms. The van der Waals surface area contributed by atoms with E-state index >= 15 is 0 Å². The Hall–Kier alpha value is -1.98. The van der Waals surface area contributed by atoms with Crippen molar-refractivity contribution < 1.29 is 4.39 Å². The van der Waals surface area contributed by atoms with Crippen molar-refractivity contribution in [2.45, 2.75) is 39.3 Å². The molecule has 1 aliphatic carbocycles. The van der Waals surface area contributed by atoms with E-state index in [9.17, 15) is 4.39 Å². The van der Waals surface area contributed by atoms with Crippen LogP contribution in [0.25, 0.3) is 5.69 Å². The zero-order valence-corrected chi connectivity index (χ0v) is 15.3. The number of halogens is 1. The van der Waals surface area contributed by atoms with Crippen LogP contribution < -0.4 is 5.32 Å². The van der Waals surface area contributed by atoms with E-state index in [0.717, 1.165) is 25.1 Å². The van der Waals surface area contributed by atoms with Crippen molar-refractivity contribution in [2.24, 2.45) is 5.41 Å². The highest BCUT2D eigenvalue weighted by atomic mass is 32.1. The van der Waals surface area contributed by atoms with Gasteiger partial charge in [0.1, 0.15) is 5.82 Å². The molecule has 1 aromatic carbocycles. The number of thiophene rings is 1. The van der Waals surface area contributed by atoms with Crippen LogP contribution in [0, 0.1) is 11.2 Å². The normalized spacial score (nSPS) is 18.9. The van der Waals surface area contributed by atoms with Gasteiger partial charge in [-0.15, -0.1) is 11.3 Å². The molecule has 0 fully saturated rings. The van der Waals surface area contributed by atoms with E-state index in [1.165, 1.54) is 22.2 Å². The highest BCUT2D eigenvalue weighted by Crippen LogP contribution is 2.41. The quantitative estimate of drug-likeness (QED) is 0.723. The third-order valence-corrected chi connectivity index (χ3v) is 5.71. The van der Waals surface area contributed by atoms with Crippen molar-refractivity contribution in [2.75, 3.05) is 0 Å². The van der Waals surface area contributed by atoms with Gasteiger partial charge in [-0.05, 0) is 47.9 Å². The van der Waals surface area contributed by atoms with E-state index in [2.05, 4.69) is 41.8 Å². The van der Waals surface area contributed by atoms with Crippen LogP contribution in [0.3, 0.4) is 0 Å². The molecule has 2 aromatic heterocycles.